The van der Waals surface area contributed by atoms with Gasteiger partial charge in [0.25, 0.3) is 0 Å². The molecule has 8 heteroatoms. The normalized spacial score (nSPS) is 14.9. The monoisotopic (exact) mass is 413 g/mol. The third-order valence-electron chi connectivity index (χ3n) is 3.93. The summed E-state index contributed by atoms with van der Waals surface area (Å²) in [6.07, 6.45) is 1.94. The number of hydrogen-bond donors (Lipinski definition) is 2. The number of nitrogens with one attached hydrogen (secondary N) is 1. The molecule has 2 N–H and O–H groups in total. The van der Waals surface area contributed by atoms with Crippen LogP contribution in [0.25, 0.3) is 0 Å². The maximum atomic E-state index is 12.2. The number of aliphatic carboxylic acids is 1. The van der Waals surface area contributed by atoms with Crippen molar-refractivity contribution in [3.8, 4) is 0 Å². The fourth-order valence-corrected chi connectivity index (χ4v) is 3.18. The molecule has 1 saturated carbocycles. The molecule has 0 aliphatic heterocycles. The highest BCUT2D eigenvalue weighted by Crippen LogP contribution is 2.29. The first-order valence-corrected chi connectivity index (χ1v) is 10.7. The third kappa shape index (κ3) is 9.01. The molecule has 1 aliphatic rings. The number of ether oxygens (including phenoxy) is 1. The van der Waals surface area contributed by atoms with E-state index in [1.807, 2.05) is 12.3 Å². The Balaban J connectivity index is 0.000000480. The van der Waals surface area contributed by atoms with Gasteiger partial charge in [-0.05, 0) is 47.5 Å². The third-order valence-corrected chi connectivity index (χ3v) is 5.13. The first-order chi connectivity index (χ1) is 12.9. The Morgan fingerprint density at radius 2 is 1.96 bits per heavy atom. The van der Waals surface area contributed by atoms with E-state index >= 15 is 0 Å². The van der Waals surface area contributed by atoms with Gasteiger partial charge < -0.3 is 20.1 Å². The smallest absolute Gasteiger partial charge is 0.325 e. The van der Waals surface area contributed by atoms with E-state index in [9.17, 15) is 9.59 Å². The van der Waals surface area contributed by atoms with Gasteiger partial charge in [-0.3, -0.25) is 4.79 Å². The first kappa shape index (κ1) is 24.4. The van der Waals surface area contributed by atoms with Crippen molar-refractivity contribution in [3.63, 3.8) is 0 Å². The topological polar surface area (TPSA) is 91.8 Å². The van der Waals surface area contributed by atoms with Crippen LogP contribution in [0.5, 0.6) is 0 Å². The van der Waals surface area contributed by atoms with Crippen LogP contribution in [0.1, 0.15) is 77.9 Å². The van der Waals surface area contributed by atoms with E-state index in [4.69, 9.17) is 9.84 Å². The number of amides is 2. The Morgan fingerprint density at radius 3 is 2.32 bits per heavy atom. The summed E-state index contributed by atoms with van der Waals surface area (Å²) in [5.74, 6) is -0.658. The lowest BCUT2D eigenvalue weighted by Gasteiger charge is -2.23. The van der Waals surface area contributed by atoms with Crippen molar-refractivity contribution < 1.29 is 19.4 Å². The summed E-state index contributed by atoms with van der Waals surface area (Å²) in [5, 5.41) is 14.4. The maximum Gasteiger partial charge on any atom is 0.325 e. The molecule has 7 nitrogen and oxygen atoms in total. The van der Waals surface area contributed by atoms with Crippen molar-refractivity contribution in [3.05, 3.63) is 16.1 Å². The number of rotatable bonds is 7. The van der Waals surface area contributed by atoms with Gasteiger partial charge in [-0.15, -0.1) is 11.3 Å². The zero-order chi connectivity index (χ0) is 21.5. The zero-order valence-electron chi connectivity index (χ0n) is 18.1. The summed E-state index contributed by atoms with van der Waals surface area (Å²) >= 11 is 1.60. The zero-order valence-corrected chi connectivity index (χ0v) is 18.9. The summed E-state index contributed by atoms with van der Waals surface area (Å²) in [5.41, 5.74) is 0.920. The summed E-state index contributed by atoms with van der Waals surface area (Å²) in [6.45, 7) is 15.0. The van der Waals surface area contributed by atoms with E-state index in [2.05, 4.69) is 44.9 Å². The lowest BCUT2D eigenvalue weighted by atomic mass is 10.2. The summed E-state index contributed by atoms with van der Waals surface area (Å²) in [7, 11) is 0. The highest BCUT2D eigenvalue weighted by atomic mass is 32.1. The Kier molecular flexibility index (Phi) is 9.36. The van der Waals surface area contributed by atoms with Gasteiger partial charge in [0.05, 0.1) is 22.8 Å². The van der Waals surface area contributed by atoms with Crippen LogP contribution in [-0.4, -0.2) is 51.3 Å². The molecule has 1 fully saturated rings. The van der Waals surface area contributed by atoms with Crippen LogP contribution in [-0.2, 0) is 16.1 Å². The van der Waals surface area contributed by atoms with E-state index in [0.717, 1.165) is 30.2 Å². The molecule has 0 spiro atoms. The first-order valence-electron chi connectivity index (χ1n) is 9.82. The summed E-state index contributed by atoms with van der Waals surface area (Å²) in [4.78, 5) is 29.3. The number of nitrogens with zero attached hydrogens (tertiary/aromatic N) is 2. The molecule has 0 radical (unpaired) electrons. The molecule has 0 aromatic carbocycles. The van der Waals surface area contributed by atoms with Gasteiger partial charge in [0.15, 0.2) is 0 Å². The minimum atomic E-state index is -1.03. The SMILES string of the molecule is CC(NC(=O)N(Cc1csc(C(C)C)n1)C1CC1)C(=O)O.CCOC(C)(C)C. The predicted molar refractivity (Wildman–Crippen MR) is 112 cm³/mol. The minimum Gasteiger partial charge on any atom is -0.480 e. The van der Waals surface area contributed by atoms with E-state index in [0.29, 0.717) is 12.5 Å². The second-order valence-electron chi connectivity index (χ2n) is 8.25. The van der Waals surface area contributed by atoms with E-state index in [-0.39, 0.29) is 17.7 Å². The quantitative estimate of drug-likeness (QED) is 0.698. The van der Waals surface area contributed by atoms with Gasteiger partial charge in [0.1, 0.15) is 6.04 Å². The lowest BCUT2D eigenvalue weighted by Crippen LogP contribution is -2.47. The predicted octanol–water partition coefficient (Wildman–Crippen LogP) is 4.24. The summed E-state index contributed by atoms with van der Waals surface area (Å²) < 4.78 is 5.23. The van der Waals surface area contributed by atoms with Gasteiger partial charge in [-0.25, -0.2) is 9.78 Å². The van der Waals surface area contributed by atoms with Crippen molar-refractivity contribution in [2.45, 2.75) is 91.5 Å². The average Bonchev–Trinajstić information content (AvgIpc) is 3.29. The molecule has 1 aromatic heterocycles. The van der Waals surface area contributed by atoms with Crippen LogP contribution < -0.4 is 5.32 Å². The molecule has 1 aliphatic carbocycles. The molecule has 1 aromatic rings. The molecule has 160 valence electrons. The fraction of sp³-hybridized carbons (Fsp3) is 0.750. The average molecular weight is 414 g/mol. The maximum absolute atomic E-state index is 12.2. The Bertz CT molecular complexity index is 636. The van der Waals surface area contributed by atoms with Crippen LogP contribution in [0, 0.1) is 0 Å². The molecular formula is C20H35N3O4S. The van der Waals surface area contributed by atoms with Gasteiger partial charge in [0.2, 0.25) is 0 Å². The molecule has 28 heavy (non-hydrogen) atoms. The number of urea groups is 1. The Hall–Kier alpha value is -1.67. The number of carbonyl (C=O) groups is 2. The molecule has 0 bridgehead atoms. The van der Waals surface area contributed by atoms with E-state index in [1.165, 1.54) is 6.92 Å². The van der Waals surface area contributed by atoms with Gasteiger partial charge in [0, 0.05) is 23.9 Å². The number of carboxylic acid groups (broad SMARTS) is 1. The van der Waals surface area contributed by atoms with Crippen LogP contribution in [0.3, 0.4) is 0 Å². The van der Waals surface area contributed by atoms with Gasteiger partial charge >= 0.3 is 12.0 Å². The number of carbonyl (C=O) groups excluding carboxylic acids is 1. The summed E-state index contributed by atoms with van der Waals surface area (Å²) in [6, 6.07) is -1.01. The minimum absolute atomic E-state index is 0.0503. The number of aromatic nitrogens is 1. The van der Waals surface area contributed by atoms with Crippen LogP contribution in [0.2, 0.25) is 0 Å². The van der Waals surface area contributed by atoms with Crippen LogP contribution in [0.15, 0.2) is 5.38 Å². The van der Waals surface area contributed by atoms with Crippen molar-refractivity contribution in [2.24, 2.45) is 0 Å². The highest BCUT2D eigenvalue weighted by Gasteiger charge is 2.34. The van der Waals surface area contributed by atoms with E-state index < -0.39 is 12.0 Å². The molecule has 0 saturated heterocycles. The molecule has 1 heterocycles. The highest BCUT2D eigenvalue weighted by molar-refractivity contribution is 7.09. The van der Waals surface area contributed by atoms with Gasteiger partial charge in [-0.1, -0.05) is 13.8 Å². The Morgan fingerprint density at radius 1 is 1.36 bits per heavy atom. The largest absolute Gasteiger partial charge is 0.480 e. The number of carboxylic acids is 1. The van der Waals surface area contributed by atoms with Crippen molar-refractivity contribution >= 4 is 23.3 Å². The van der Waals surface area contributed by atoms with Crippen molar-refractivity contribution in [1.29, 1.82) is 0 Å². The molecular weight excluding hydrogens is 378 g/mol. The molecule has 2 amide bonds. The fourth-order valence-electron chi connectivity index (χ4n) is 2.35. The standard InChI is InChI=1S/C14H21N3O3S.C6H14O/c1-8(2)12-16-10(7-21-12)6-17(11-4-5-11)14(20)15-9(3)13(18)19;1-5-7-6(2,3)4/h7-9,11H,4-6H2,1-3H3,(H,15,20)(H,18,19);5H2,1-4H3. The number of hydrogen-bond acceptors (Lipinski definition) is 5. The van der Waals surface area contributed by atoms with E-state index in [1.54, 1.807) is 16.2 Å². The lowest BCUT2D eigenvalue weighted by molar-refractivity contribution is -0.138. The Labute approximate surface area is 172 Å². The van der Waals surface area contributed by atoms with Crippen LogP contribution in [0.4, 0.5) is 4.79 Å². The second kappa shape index (κ2) is 10.8. The van der Waals surface area contributed by atoms with Crippen molar-refractivity contribution in [2.75, 3.05) is 6.61 Å². The molecule has 1 unspecified atom stereocenters. The molecule has 2 rings (SSSR count). The van der Waals surface area contributed by atoms with Gasteiger partial charge in [-0.2, -0.15) is 0 Å². The van der Waals surface area contributed by atoms with Crippen molar-refractivity contribution in [1.82, 2.24) is 15.2 Å². The second-order valence-corrected chi connectivity index (χ2v) is 9.14. The molecule has 1 atom stereocenters. The number of thiazole rings is 1. The van der Waals surface area contributed by atoms with Crippen LogP contribution >= 0.6 is 11.3 Å².